The molecule has 2 aliphatic rings. The lowest BCUT2D eigenvalue weighted by atomic mass is 9.50. The third kappa shape index (κ3) is 2.37. The number of carbonyl (C=O) groups is 1. The maximum absolute atomic E-state index is 11.3. The van der Waals surface area contributed by atoms with Crippen LogP contribution in [0.1, 0.15) is 59.8 Å². The highest BCUT2D eigenvalue weighted by atomic mass is 16.5. The van der Waals surface area contributed by atoms with E-state index in [1.807, 2.05) is 0 Å². The summed E-state index contributed by atoms with van der Waals surface area (Å²) in [4.78, 5) is 11.3. The van der Waals surface area contributed by atoms with Gasteiger partial charge in [-0.3, -0.25) is 4.79 Å². The Hall–Kier alpha value is -0.610. The molecule has 0 amide bonds. The van der Waals surface area contributed by atoms with E-state index in [4.69, 9.17) is 4.74 Å². The summed E-state index contributed by atoms with van der Waals surface area (Å²) in [6.45, 7) is 7.36. The van der Waals surface area contributed by atoms with E-state index in [2.05, 4.69) is 13.8 Å². The number of aliphatic hydroxyl groups excluding tert-OH is 1. The fourth-order valence-corrected chi connectivity index (χ4v) is 4.40. The molecule has 0 aromatic carbocycles. The molecule has 0 unspecified atom stereocenters. The number of rotatable bonds is 2. The second kappa shape index (κ2) is 5.30. The van der Waals surface area contributed by atoms with Crippen LogP contribution in [-0.4, -0.2) is 34.0 Å². The highest BCUT2D eigenvalue weighted by Gasteiger charge is 2.61. The van der Waals surface area contributed by atoms with E-state index in [9.17, 15) is 15.0 Å². The zero-order chi connectivity index (χ0) is 15.1. The minimum Gasteiger partial charge on any atom is -0.462 e. The second-order valence-electron chi connectivity index (χ2n) is 7.16. The van der Waals surface area contributed by atoms with Gasteiger partial charge in [0.15, 0.2) is 0 Å². The van der Waals surface area contributed by atoms with Crippen molar-refractivity contribution >= 4 is 5.97 Å². The van der Waals surface area contributed by atoms with Crippen LogP contribution in [0.2, 0.25) is 0 Å². The van der Waals surface area contributed by atoms with Gasteiger partial charge in [-0.15, -0.1) is 0 Å². The lowest BCUT2D eigenvalue weighted by molar-refractivity contribution is -0.233. The molecule has 0 aliphatic heterocycles. The van der Waals surface area contributed by atoms with E-state index >= 15 is 0 Å². The van der Waals surface area contributed by atoms with Gasteiger partial charge in [0.1, 0.15) is 6.10 Å². The summed E-state index contributed by atoms with van der Waals surface area (Å²) < 4.78 is 5.51. The largest absolute Gasteiger partial charge is 0.462 e. The monoisotopic (exact) mass is 284 g/mol. The molecule has 2 rings (SSSR count). The van der Waals surface area contributed by atoms with Crippen LogP contribution in [0.3, 0.4) is 0 Å². The Morgan fingerprint density at radius 2 is 2.00 bits per heavy atom. The molecular formula is C16H28O4. The molecule has 2 fully saturated rings. The number of fused-ring (bicyclic) bond motifs is 1. The van der Waals surface area contributed by atoms with Crippen molar-refractivity contribution in [2.45, 2.75) is 77.6 Å². The molecule has 6 atom stereocenters. The summed E-state index contributed by atoms with van der Waals surface area (Å²) in [6, 6.07) is 0. The quantitative estimate of drug-likeness (QED) is 0.763. The Kier molecular flexibility index (Phi) is 4.18. The van der Waals surface area contributed by atoms with Crippen LogP contribution in [0, 0.1) is 17.3 Å². The van der Waals surface area contributed by atoms with Crippen molar-refractivity contribution in [1.82, 2.24) is 0 Å². The molecule has 0 bridgehead atoms. The van der Waals surface area contributed by atoms with Crippen molar-refractivity contribution in [3.05, 3.63) is 0 Å². The summed E-state index contributed by atoms with van der Waals surface area (Å²) in [5, 5.41) is 21.2. The SMILES string of the molecule is CC(=O)O[C@@H]1CC[C@H](C)[C@]2(O)C[C@@H]([C@H](C)O)CC[C@@]12C. The Balaban J connectivity index is 2.29. The molecule has 20 heavy (non-hydrogen) atoms. The average molecular weight is 284 g/mol. The van der Waals surface area contributed by atoms with Gasteiger partial charge in [0.05, 0.1) is 11.7 Å². The number of esters is 1. The highest BCUT2D eigenvalue weighted by molar-refractivity contribution is 5.66. The third-order valence-corrected chi connectivity index (χ3v) is 5.98. The minimum absolute atomic E-state index is 0.131. The van der Waals surface area contributed by atoms with Crippen molar-refractivity contribution in [2.24, 2.45) is 17.3 Å². The first-order chi connectivity index (χ1) is 9.20. The molecule has 0 spiro atoms. The van der Waals surface area contributed by atoms with Crippen LogP contribution >= 0.6 is 0 Å². The number of hydrogen-bond donors (Lipinski definition) is 2. The summed E-state index contributed by atoms with van der Waals surface area (Å²) in [7, 11) is 0. The zero-order valence-corrected chi connectivity index (χ0v) is 13.1. The normalized spacial score (nSPS) is 46.4. The summed E-state index contributed by atoms with van der Waals surface area (Å²) in [5.74, 6) is 0.0261. The maximum Gasteiger partial charge on any atom is 0.302 e. The molecule has 0 aromatic heterocycles. The van der Waals surface area contributed by atoms with E-state index < -0.39 is 17.1 Å². The van der Waals surface area contributed by atoms with Crippen molar-refractivity contribution < 1.29 is 19.7 Å². The van der Waals surface area contributed by atoms with Crippen LogP contribution in [0.25, 0.3) is 0 Å². The minimum atomic E-state index is -0.856. The van der Waals surface area contributed by atoms with Gasteiger partial charge in [-0.25, -0.2) is 0 Å². The fraction of sp³-hybridized carbons (Fsp3) is 0.938. The van der Waals surface area contributed by atoms with Crippen molar-refractivity contribution in [1.29, 1.82) is 0 Å². The van der Waals surface area contributed by atoms with E-state index in [1.54, 1.807) is 6.92 Å². The third-order valence-electron chi connectivity index (χ3n) is 5.98. The zero-order valence-electron chi connectivity index (χ0n) is 13.1. The first-order valence-corrected chi connectivity index (χ1v) is 7.78. The van der Waals surface area contributed by atoms with Crippen LogP contribution in [-0.2, 0) is 9.53 Å². The van der Waals surface area contributed by atoms with E-state index in [0.717, 1.165) is 25.7 Å². The Bertz CT molecular complexity index is 381. The molecule has 0 heterocycles. The van der Waals surface area contributed by atoms with Crippen molar-refractivity contribution in [2.75, 3.05) is 0 Å². The predicted molar refractivity (Wildman–Crippen MR) is 76.0 cm³/mol. The van der Waals surface area contributed by atoms with E-state index in [1.165, 1.54) is 6.92 Å². The lowest BCUT2D eigenvalue weighted by Gasteiger charge is -2.59. The van der Waals surface area contributed by atoms with Crippen molar-refractivity contribution in [3.63, 3.8) is 0 Å². The van der Waals surface area contributed by atoms with Gasteiger partial charge in [0, 0.05) is 12.3 Å². The van der Waals surface area contributed by atoms with Crippen molar-refractivity contribution in [3.8, 4) is 0 Å². The van der Waals surface area contributed by atoms with Crippen LogP contribution < -0.4 is 0 Å². The molecule has 116 valence electrons. The standard InChI is InChI=1S/C16H28O4/c1-10-5-6-14(20-12(3)18)15(4)8-7-13(11(2)17)9-16(10,15)19/h10-11,13-14,17,19H,5-9H2,1-4H3/t10-,11-,13-,14+,15-,16+/m0/s1. The first-order valence-electron chi connectivity index (χ1n) is 7.78. The molecule has 2 N–H and O–H groups in total. The molecule has 2 aliphatic carbocycles. The van der Waals surface area contributed by atoms with Gasteiger partial charge in [0.25, 0.3) is 0 Å². The number of ether oxygens (including phenoxy) is 1. The Morgan fingerprint density at radius 1 is 1.35 bits per heavy atom. The Labute approximate surface area is 121 Å². The molecule has 0 aromatic rings. The van der Waals surface area contributed by atoms with Gasteiger partial charge in [-0.2, -0.15) is 0 Å². The fourth-order valence-electron chi connectivity index (χ4n) is 4.40. The summed E-state index contributed by atoms with van der Waals surface area (Å²) in [5.41, 5.74) is -1.26. The van der Waals surface area contributed by atoms with E-state index in [0.29, 0.717) is 6.42 Å². The van der Waals surface area contributed by atoms with Gasteiger partial charge in [-0.1, -0.05) is 13.8 Å². The molecule has 0 radical (unpaired) electrons. The molecular weight excluding hydrogens is 256 g/mol. The average Bonchev–Trinajstić information content (AvgIpc) is 2.35. The molecule has 4 heteroatoms. The number of carbonyl (C=O) groups excluding carboxylic acids is 1. The van der Waals surface area contributed by atoms with Crippen LogP contribution in [0.4, 0.5) is 0 Å². The number of aliphatic hydroxyl groups is 2. The van der Waals surface area contributed by atoms with Gasteiger partial charge < -0.3 is 14.9 Å². The number of hydrogen-bond acceptors (Lipinski definition) is 4. The predicted octanol–water partition coefficient (Wildman–Crippen LogP) is 2.27. The molecule has 4 nitrogen and oxygen atoms in total. The summed E-state index contributed by atoms with van der Waals surface area (Å²) in [6.07, 6.45) is 3.33. The topological polar surface area (TPSA) is 66.8 Å². The summed E-state index contributed by atoms with van der Waals surface area (Å²) >= 11 is 0. The molecule has 2 saturated carbocycles. The maximum atomic E-state index is 11.3. The first kappa shape index (κ1) is 15.8. The van der Waals surface area contributed by atoms with Gasteiger partial charge in [-0.05, 0) is 50.9 Å². The van der Waals surface area contributed by atoms with Gasteiger partial charge >= 0.3 is 5.97 Å². The molecule has 0 saturated heterocycles. The van der Waals surface area contributed by atoms with E-state index in [-0.39, 0.29) is 23.9 Å². The smallest absolute Gasteiger partial charge is 0.302 e. The van der Waals surface area contributed by atoms with Gasteiger partial charge in [0.2, 0.25) is 0 Å². The highest BCUT2D eigenvalue weighted by Crippen LogP contribution is 2.57. The Morgan fingerprint density at radius 3 is 2.55 bits per heavy atom. The lowest BCUT2D eigenvalue weighted by Crippen LogP contribution is -2.64. The second-order valence-corrected chi connectivity index (χ2v) is 7.16. The van der Waals surface area contributed by atoms with Crippen LogP contribution in [0.5, 0.6) is 0 Å². The van der Waals surface area contributed by atoms with Crippen LogP contribution in [0.15, 0.2) is 0 Å².